The van der Waals surface area contributed by atoms with Gasteiger partial charge in [0.25, 0.3) is 0 Å². The molecule has 3 amide bonds. The summed E-state index contributed by atoms with van der Waals surface area (Å²) in [7, 11) is 0. The lowest BCUT2D eigenvalue weighted by Crippen LogP contribution is -2.52. The molecule has 1 aromatic carbocycles. The Balaban J connectivity index is 2.06. The Hall–Kier alpha value is -1.89. The summed E-state index contributed by atoms with van der Waals surface area (Å²) in [5.74, 6) is -1.97. The van der Waals surface area contributed by atoms with Gasteiger partial charge >= 0.3 is 0 Å². The number of nitrogens with one attached hydrogen (secondary N) is 1. The molecule has 1 fully saturated rings. The van der Waals surface area contributed by atoms with Crippen molar-refractivity contribution >= 4 is 35.2 Å². The number of hydrogen-bond acceptors (Lipinski definition) is 4. The third-order valence-corrected chi connectivity index (χ3v) is 4.31. The molecular weight excluding hydrogens is 295 g/mol. The van der Waals surface area contributed by atoms with Crippen molar-refractivity contribution < 1.29 is 18.8 Å². The minimum absolute atomic E-state index is 0.0230. The van der Waals surface area contributed by atoms with Gasteiger partial charge in [-0.15, -0.1) is 11.8 Å². The van der Waals surface area contributed by atoms with Gasteiger partial charge in [-0.25, -0.2) is 4.39 Å². The summed E-state index contributed by atoms with van der Waals surface area (Å²) >= 11 is 1.26. The fourth-order valence-electron chi connectivity index (χ4n) is 2.02. The second-order valence-electron chi connectivity index (χ2n) is 4.71. The zero-order valence-electron chi connectivity index (χ0n) is 11.6. The van der Waals surface area contributed by atoms with Crippen molar-refractivity contribution in [3.05, 3.63) is 30.1 Å². The predicted molar refractivity (Wildman–Crippen MR) is 78.3 cm³/mol. The van der Waals surface area contributed by atoms with Crippen LogP contribution in [0.25, 0.3) is 0 Å². The fraction of sp³-hybridized carbons (Fsp3) is 0.357. The van der Waals surface area contributed by atoms with Crippen molar-refractivity contribution in [2.75, 3.05) is 11.9 Å². The maximum absolute atomic E-state index is 13.4. The first kappa shape index (κ1) is 15.5. The lowest BCUT2D eigenvalue weighted by Gasteiger charge is -2.31. The van der Waals surface area contributed by atoms with E-state index in [4.69, 9.17) is 0 Å². The molecule has 0 spiro atoms. The van der Waals surface area contributed by atoms with Crippen LogP contribution in [0.15, 0.2) is 24.3 Å². The van der Waals surface area contributed by atoms with E-state index in [-0.39, 0.29) is 16.2 Å². The second-order valence-corrected chi connectivity index (χ2v) is 6.40. The summed E-state index contributed by atoms with van der Waals surface area (Å²) in [4.78, 5) is 36.8. The standard InChI is InChI=1S/C14H15FN2O3S/c1-8-13(19)17(14(20)9(2)21-8)7-12(18)16-11-6-4-3-5-10(11)15/h3-6,8-9H,7H2,1-2H3,(H,16,18)/t8-,9-/m1/s1. The average molecular weight is 310 g/mol. The summed E-state index contributed by atoms with van der Waals surface area (Å²) < 4.78 is 13.4. The number of carbonyl (C=O) groups is 3. The van der Waals surface area contributed by atoms with Crippen LogP contribution in [-0.4, -0.2) is 39.7 Å². The Morgan fingerprint density at radius 1 is 1.24 bits per heavy atom. The van der Waals surface area contributed by atoms with E-state index >= 15 is 0 Å². The minimum atomic E-state index is -0.604. The second kappa shape index (κ2) is 6.26. The van der Waals surface area contributed by atoms with Gasteiger partial charge in [0, 0.05) is 0 Å². The van der Waals surface area contributed by atoms with E-state index in [1.807, 2.05) is 0 Å². The molecule has 7 heteroatoms. The van der Waals surface area contributed by atoms with Gasteiger partial charge in [-0.1, -0.05) is 12.1 Å². The van der Waals surface area contributed by atoms with Crippen molar-refractivity contribution in [3.8, 4) is 0 Å². The maximum atomic E-state index is 13.4. The quantitative estimate of drug-likeness (QED) is 0.862. The van der Waals surface area contributed by atoms with Crippen LogP contribution in [0.4, 0.5) is 10.1 Å². The topological polar surface area (TPSA) is 66.5 Å². The highest BCUT2D eigenvalue weighted by Crippen LogP contribution is 2.26. The van der Waals surface area contributed by atoms with E-state index in [9.17, 15) is 18.8 Å². The molecule has 5 nitrogen and oxygen atoms in total. The third-order valence-electron chi connectivity index (χ3n) is 3.09. The van der Waals surface area contributed by atoms with E-state index in [0.29, 0.717) is 0 Å². The molecule has 0 bridgehead atoms. The molecule has 1 aliphatic heterocycles. The molecule has 0 aromatic heterocycles. The van der Waals surface area contributed by atoms with Gasteiger partial charge in [0.15, 0.2) is 0 Å². The Bertz CT molecular complexity index is 573. The number of amides is 3. The first-order valence-electron chi connectivity index (χ1n) is 6.45. The summed E-state index contributed by atoms with van der Waals surface area (Å²) in [5.41, 5.74) is 0.0230. The SMILES string of the molecule is C[C@H]1S[C@H](C)C(=O)N(CC(=O)Nc2ccccc2F)C1=O. The van der Waals surface area contributed by atoms with Crippen molar-refractivity contribution in [1.29, 1.82) is 0 Å². The number of halogens is 1. The first-order valence-corrected chi connectivity index (χ1v) is 7.39. The summed E-state index contributed by atoms with van der Waals surface area (Å²) in [6, 6.07) is 5.71. The lowest BCUT2D eigenvalue weighted by atomic mass is 10.2. The normalized spacial score (nSPS) is 22.3. The number of anilines is 1. The number of hydrogen-bond donors (Lipinski definition) is 1. The zero-order valence-corrected chi connectivity index (χ0v) is 12.4. The number of nitrogens with zero attached hydrogens (tertiary/aromatic N) is 1. The molecule has 112 valence electrons. The number of para-hydroxylation sites is 1. The predicted octanol–water partition coefficient (Wildman–Crippen LogP) is 1.64. The zero-order chi connectivity index (χ0) is 15.6. The van der Waals surface area contributed by atoms with Gasteiger partial charge < -0.3 is 5.32 Å². The van der Waals surface area contributed by atoms with Crippen molar-refractivity contribution in [1.82, 2.24) is 4.90 Å². The number of benzene rings is 1. The Kier molecular flexibility index (Phi) is 4.62. The highest BCUT2D eigenvalue weighted by Gasteiger charge is 2.38. The Labute approximate surface area is 125 Å². The molecule has 1 N–H and O–H groups in total. The van der Waals surface area contributed by atoms with E-state index in [2.05, 4.69) is 5.32 Å². The van der Waals surface area contributed by atoms with Crippen LogP contribution in [0.1, 0.15) is 13.8 Å². The van der Waals surface area contributed by atoms with E-state index < -0.39 is 30.1 Å². The molecule has 0 unspecified atom stereocenters. The molecule has 2 atom stereocenters. The number of carbonyl (C=O) groups excluding carboxylic acids is 3. The van der Waals surface area contributed by atoms with Gasteiger partial charge in [0.05, 0.1) is 16.2 Å². The molecule has 0 radical (unpaired) electrons. The molecule has 1 aliphatic rings. The smallest absolute Gasteiger partial charge is 0.244 e. The molecule has 0 saturated carbocycles. The van der Waals surface area contributed by atoms with Crippen molar-refractivity contribution in [2.24, 2.45) is 0 Å². The number of rotatable bonds is 3. The van der Waals surface area contributed by atoms with Gasteiger partial charge in [-0.2, -0.15) is 0 Å². The first-order chi connectivity index (χ1) is 9.90. The van der Waals surface area contributed by atoms with Crippen LogP contribution >= 0.6 is 11.8 Å². The van der Waals surface area contributed by atoms with Gasteiger partial charge in [-0.3, -0.25) is 19.3 Å². The molecule has 21 heavy (non-hydrogen) atoms. The average Bonchev–Trinajstić information content (AvgIpc) is 2.44. The molecule has 2 rings (SSSR count). The summed E-state index contributed by atoms with van der Waals surface area (Å²) in [6.45, 7) is 2.98. The van der Waals surface area contributed by atoms with Crippen LogP contribution in [0.2, 0.25) is 0 Å². The van der Waals surface area contributed by atoms with Crippen molar-refractivity contribution in [2.45, 2.75) is 24.3 Å². The van der Waals surface area contributed by atoms with Crippen LogP contribution in [0.3, 0.4) is 0 Å². The summed E-state index contributed by atoms with van der Waals surface area (Å²) in [5, 5.41) is 1.61. The van der Waals surface area contributed by atoms with E-state index in [0.717, 1.165) is 4.90 Å². The van der Waals surface area contributed by atoms with Gasteiger partial charge in [-0.05, 0) is 26.0 Å². The van der Waals surface area contributed by atoms with Crippen LogP contribution in [-0.2, 0) is 14.4 Å². The lowest BCUT2D eigenvalue weighted by molar-refractivity contribution is -0.147. The van der Waals surface area contributed by atoms with Gasteiger partial charge in [0.1, 0.15) is 12.4 Å². The fourth-order valence-corrected chi connectivity index (χ4v) is 3.12. The van der Waals surface area contributed by atoms with E-state index in [1.54, 1.807) is 19.9 Å². The van der Waals surface area contributed by atoms with Gasteiger partial charge in [0.2, 0.25) is 17.7 Å². The number of imide groups is 1. The highest BCUT2D eigenvalue weighted by molar-refractivity contribution is 8.02. The Morgan fingerprint density at radius 2 is 1.81 bits per heavy atom. The highest BCUT2D eigenvalue weighted by atomic mass is 32.2. The monoisotopic (exact) mass is 310 g/mol. The largest absolute Gasteiger partial charge is 0.322 e. The minimum Gasteiger partial charge on any atom is -0.322 e. The van der Waals surface area contributed by atoms with Crippen LogP contribution in [0, 0.1) is 5.82 Å². The molecule has 0 aliphatic carbocycles. The Morgan fingerprint density at radius 3 is 2.38 bits per heavy atom. The maximum Gasteiger partial charge on any atom is 0.244 e. The van der Waals surface area contributed by atoms with E-state index in [1.165, 1.54) is 30.0 Å². The van der Waals surface area contributed by atoms with Crippen molar-refractivity contribution in [3.63, 3.8) is 0 Å². The van der Waals surface area contributed by atoms with Crippen LogP contribution < -0.4 is 5.32 Å². The third kappa shape index (κ3) is 3.41. The summed E-state index contributed by atoms with van der Waals surface area (Å²) in [6.07, 6.45) is 0. The molecule has 1 saturated heterocycles. The molecule has 1 aromatic rings. The molecular formula is C14H15FN2O3S. The molecule has 1 heterocycles. The van der Waals surface area contributed by atoms with Crippen LogP contribution in [0.5, 0.6) is 0 Å². The number of thioether (sulfide) groups is 1.